The number of aryl methyl sites for hydroxylation is 1. The van der Waals surface area contributed by atoms with Crippen molar-refractivity contribution in [3.05, 3.63) is 141 Å². The van der Waals surface area contributed by atoms with Crippen molar-refractivity contribution in [1.82, 2.24) is 14.5 Å². The molecule has 0 aliphatic carbocycles. The summed E-state index contributed by atoms with van der Waals surface area (Å²) in [5, 5.41) is 2.29. The van der Waals surface area contributed by atoms with Gasteiger partial charge in [-0.1, -0.05) is 91.0 Å². The monoisotopic (exact) mass is 501 g/mol. The van der Waals surface area contributed by atoms with Crippen molar-refractivity contribution in [2.45, 2.75) is 32.5 Å². The molecule has 1 aliphatic heterocycles. The first-order chi connectivity index (χ1) is 18.6. The summed E-state index contributed by atoms with van der Waals surface area (Å²) in [7, 11) is 1.71. The smallest absolute Gasteiger partial charge is 0.259 e. The van der Waals surface area contributed by atoms with Crippen LogP contribution in [-0.4, -0.2) is 28.1 Å². The van der Waals surface area contributed by atoms with E-state index in [-0.39, 0.29) is 11.6 Å². The summed E-state index contributed by atoms with van der Waals surface area (Å²) >= 11 is 0. The van der Waals surface area contributed by atoms with Crippen LogP contribution in [0.1, 0.15) is 39.8 Å². The van der Waals surface area contributed by atoms with Crippen molar-refractivity contribution < 1.29 is 4.74 Å². The second kappa shape index (κ2) is 10.3. The maximum absolute atomic E-state index is 14.2. The lowest BCUT2D eigenvalue weighted by atomic mass is 9.97. The number of ether oxygens (including phenoxy) is 1. The van der Waals surface area contributed by atoms with Crippen molar-refractivity contribution in [2.75, 3.05) is 13.7 Å². The van der Waals surface area contributed by atoms with Crippen LogP contribution < -0.4 is 10.3 Å². The van der Waals surface area contributed by atoms with Crippen LogP contribution >= 0.6 is 0 Å². The Kier molecular flexibility index (Phi) is 6.52. The molecule has 6 rings (SSSR count). The van der Waals surface area contributed by atoms with E-state index in [0.29, 0.717) is 6.54 Å². The molecule has 4 aromatic carbocycles. The molecule has 0 spiro atoms. The first-order valence-electron chi connectivity index (χ1n) is 13.1. The number of benzene rings is 4. The molecule has 190 valence electrons. The minimum absolute atomic E-state index is 0.0505. The van der Waals surface area contributed by atoms with E-state index in [9.17, 15) is 4.79 Å². The predicted molar refractivity (Wildman–Crippen MR) is 152 cm³/mol. The van der Waals surface area contributed by atoms with Crippen LogP contribution in [-0.2, 0) is 19.5 Å². The van der Waals surface area contributed by atoms with Crippen LogP contribution in [0.2, 0.25) is 0 Å². The molecule has 0 unspecified atom stereocenters. The number of rotatable bonds is 6. The van der Waals surface area contributed by atoms with E-state index in [2.05, 4.69) is 53.4 Å². The molecule has 1 aliphatic rings. The van der Waals surface area contributed by atoms with Crippen LogP contribution in [0.15, 0.2) is 102 Å². The summed E-state index contributed by atoms with van der Waals surface area (Å²) in [5.74, 6) is 1.63. The average Bonchev–Trinajstić information content (AvgIpc) is 2.96. The standard InChI is InChI=1S/C33H31N3O2/c1-23-34-30-19-20-35(21-26-17-18-31(38-2)28-16-10-9-15-27(26)28)22-29(30)33(37)36(23)32(24-11-5-3-6-12-24)25-13-7-4-8-14-25/h3-18,32H,19-22H2,1-2H3. The second-order valence-corrected chi connectivity index (χ2v) is 9.92. The van der Waals surface area contributed by atoms with E-state index in [0.717, 1.165) is 58.9 Å². The zero-order valence-corrected chi connectivity index (χ0v) is 21.8. The normalized spacial score (nSPS) is 13.6. The number of fused-ring (bicyclic) bond motifs is 2. The summed E-state index contributed by atoms with van der Waals surface area (Å²) < 4.78 is 7.47. The van der Waals surface area contributed by atoms with Crippen molar-refractivity contribution in [3.8, 4) is 5.75 Å². The number of nitrogens with zero attached hydrogens (tertiary/aromatic N) is 3. The molecule has 0 amide bonds. The van der Waals surface area contributed by atoms with E-state index in [1.807, 2.05) is 60.0 Å². The highest BCUT2D eigenvalue weighted by Crippen LogP contribution is 2.31. The van der Waals surface area contributed by atoms with Crippen molar-refractivity contribution in [1.29, 1.82) is 0 Å². The van der Waals surface area contributed by atoms with Gasteiger partial charge in [0.05, 0.1) is 24.4 Å². The molecule has 0 radical (unpaired) electrons. The summed E-state index contributed by atoms with van der Waals surface area (Å²) in [6, 6.07) is 32.8. The molecule has 0 bridgehead atoms. The first-order valence-corrected chi connectivity index (χ1v) is 13.1. The van der Waals surface area contributed by atoms with Crippen molar-refractivity contribution >= 4 is 10.8 Å². The van der Waals surface area contributed by atoms with E-state index in [4.69, 9.17) is 9.72 Å². The molecular formula is C33H31N3O2. The molecule has 0 saturated carbocycles. The molecule has 5 aromatic rings. The lowest BCUT2D eigenvalue weighted by Gasteiger charge is -2.31. The molecule has 0 fully saturated rings. The largest absolute Gasteiger partial charge is 0.496 e. The molecule has 0 atom stereocenters. The number of aromatic nitrogens is 2. The fourth-order valence-corrected chi connectivity index (χ4v) is 5.76. The Morgan fingerprint density at radius 3 is 2.13 bits per heavy atom. The van der Waals surface area contributed by atoms with Crippen LogP contribution in [0.4, 0.5) is 0 Å². The van der Waals surface area contributed by atoms with Crippen LogP contribution in [0.5, 0.6) is 5.75 Å². The van der Waals surface area contributed by atoms with E-state index >= 15 is 0 Å². The molecule has 0 saturated heterocycles. The first kappa shape index (κ1) is 24.1. The Morgan fingerprint density at radius 2 is 1.47 bits per heavy atom. The Bertz CT molecular complexity index is 1610. The van der Waals surface area contributed by atoms with Gasteiger partial charge in [0.15, 0.2) is 0 Å². The van der Waals surface area contributed by atoms with Gasteiger partial charge in [-0.25, -0.2) is 4.98 Å². The third-order valence-corrected chi connectivity index (χ3v) is 7.59. The fraction of sp³-hybridized carbons (Fsp3) is 0.212. The Balaban J connectivity index is 1.39. The minimum atomic E-state index is -0.233. The maximum Gasteiger partial charge on any atom is 0.259 e. The minimum Gasteiger partial charge on any atom is -0.496 e. The van der Waals surface area contributed by atoms with Gasteiger partial charge in [-0.05, 0) is 35.1 Å². The number of methoxy groups -OCH3 is 1. The van der Waals surface area contributed by atoms with Gasteiger partial charge in [0.1, 0.15) is 11.6 Å². The molecule has 0 N–H and O–H groups in total. The van der Waals surface area contributed by atoms with Gasteiger partial charge in [-0.3, -0.25) is 14.3 Å². The molecule has 2 heterocycles. The maximum atomic E-state index is 14.2. The summed E-state index contributed by atoms with van der Waals surface area (Å²) in [6.45, 7) is 4.16. The van der Waals surface area contributed by atoms with Gasteiger partial charge in [-0.2, -0.15) is 0 Å². The van der Waals surface area contributed by atoms with E-state index < -0.39 is 0 Å². The fourth-order valence-electron chi connectivity index (χ4n) is 5.76. The molecule has 5 nitrogen and oxygen atoms in total. The topological polar surface area (TPSA) is 47.4 Å². The van der Waals surface area contributed by atoms with Gasteiger partial charge in [0.2, 0.25) is 0 Å². The van der Waals surface area contributed by atoms with Gasteiger partial charge in [-0.15, -0.1) is 0 Å². The highest BCUT2D eigenvalue weighted by molar-refractivity contribution is 5.91. The summed E-state index contributed by atoms with van der Waals surface area (Å²) in [5.41, 5.74) is 5.16. The van der Waals surface area contributed by atoms with Gasteiger partial charge < -0.3 is 4.74 Å². The Labute approximate surface area is 223 Å². The zero-order valence-electron chi connectivity index (χ0n) is 21.8. The zero-order chi connectivity index (χ0) is 26.1. The molecule has 1 aromatic heterocycles. The summed E-state index contributed by atoms with van der Waals surface area (Å²) in [4.78, 5) is 21.5. The average molecular weight is 502 g/mol. The van der Waals surface area contributed by atoms with Crippen LogP contribution in [0.25, 0.3) is 10.8 Å². The van der Waals surface area contributed by atoms with Crippen molar-refractivity contribution in [3.63, 3.8) is 0 Å². The van der Waals surface area contributed by atoms with Gasteiger partial charge >= 0.3 is 0 Å². The van der Waals surface area contributed by atoms with Crippen LogP contribution in [0.3, 0.4) is 0 Å². The van der Waals surface area contributed by atoms with Gasteiger partial charge in [0.25, 0.3) is 5.56 Å². The SMILES string of the molecule is COc1ccc(CN2CCc3nc(C)n(C(c4ccccc4)c4ccccc4)c(=O)c3C2)c2ccccc12. The molecule has 38 heavy (non-hydrogen) atoms. The number of hydrogen-bond acceptors (Lipinski definition) is 4. The second-order valence-electron chi connectivity index (χ2n) is 9.92. The highest BCUT2D eigenvalue weighted by atomic mass is 16.5. The Morgan fingerprint density at radius 1 is 0.842 bits per heavy atom. The molecule has 5 heteroatoms. The summed E-state index contributed by atoms with van der Waals surface area (Å²) in [6.07, 6.45) is 0.766. The lowest BCUT2D eigenvalue weighted by Crippen LogP contribution is -2.40. The third kappa shape index (κ3) is 4.39. The Hall–Kier alpha value is -4.22. The third-order valence-electron chi connectivity index (χ3n) is 7.59. The number of hydrogen-bond donors (Lipinski definition) is 0. The molecular weight excluding hydrogens is 470 g/mol. The van der Waals surface area contributed by atoms with Gasteiger partial charge in [0, 0.05) is 31.4 Å². The quantitative estimate of drug-likeness (QED) is 0.290. The van der Waals surface area contributed by atoms with Crippen LogP contribution in [0, 0.1) is 6.92 Å². The lowest BCUT2D eigenvalue weighted by molar-refractivity contribution is 0.241. The van der Waals surface area contributed by atoms with E-state index in [1.165, 1.54) is 10.9 Å². The highest BCUT2D eigenvalue weighted by Gasteiger charge is 2.27. The van der Waals surface area contributed by atoms with Crippen molar-refractivity contribution in [2.24, 2.45) is 0 Å². The predicted octanol–water partition coefficient (Wildman–Crippen LogP) is 5.91. The van der Waals surface area contributed by atoms with E-state index in [1.54, 1.807) is 7.11 Å².